The topological polar surface area (TPSA) is 18.5 Å². The van der Waals surface area contributed by atoms with E-state index in [1.807, 2.05) is 0 Å². The van der Waals surface area contributed by atoms with E-state index in [4.69, 9.17) is 0 Å². The molecule has 1 fully saturated rings. The van der Waals surface area contributed by atoms with Crippen LogP contribution in [0.5, 0.6) is 0 Å². The van der Waals surface area contributed by atoms with Crippen molar-refractivity contribution in [2.45, 2.75) is 52.5 Å². The molecule has 0 spiro atoms. The van der Waals surface area contributed by atoms with Gasteiger partial charge >= 0.3 is 0 Å². The van der Waals surface area contributed by atoms with E-state index in [0.717, 1.165) is 18.5 Å². The van der Waals surface area contributed by atoms with Gasteiger partial charge < -0.3 is 10.2 Å². The highest BCUT2D eigenvalue weighted by Crippen LogP contribution is 2.11. The molecule has 0 bridgehead atoms. The van der Waals surface area contributed by atoms with Gasteiger partial charge in [-0.15, -0.1) is 0 Å². The molecule has 0 aliphatic carbocycles. The summed E-state index contributed by atoms with van der Waals surface area (Å²) in [5.41, 5.74) is 0. The molecule has 0 aromatic heterocycles. The number of hydrogen-bond acceptors (Lipinski definition) is 3. The lowest BCUT2D eigenvalue weighted by molar-refractivity contribution is 0.184. The summed E-state index contributed by atoms with van der Waals surface area (Å²) in [6.45, 7) is 14.3. The first-order valence-corrected chi connectivity index (χ1v) is 8.26. The number of likely N-dealkylation sites (N-methyl/N-ethyl adjacent to an activating group) is 1. The van der Waals surface area contributed by atoms with Crippen molar-refractivity contribution in [1.29, 1.82) is 0 Å². The van der Waals surface area contributed by atoms with Crippen molar-refractivity contribution in [2.75, 3.05) is 46.3 Å². The Morgan fingerprint density at radius 3 is 2.68 bits per heavy atom. The predicted molar refractivity (Wildman–Crippen MR) is 84.7 cm³/mol. The molecule has 1 unspecified atom stereocenters. The highest BCUT2D eigenvalue weighted by Gasteiger charge is 2.20. The second-order valence-corrected chi connectivity index (χ2v) is 6.50. The zero-order valence-electron chi connectivity index (χ0n) is 13.6. The summed E-state index contributed by atoms with van der Waals surface area (Å²) >= 11 is 0. The maximum Gasteiger partial charge on any atom is 0.0220 e. The summed E-state index contributed by atoms with van der Waals surface area (Å²) in [5.74, 6) is 0.840. The number of hydrogen-bond donors (Lipinski definition) is 1. The smallest absolute Gasteiger partial charge is 0.0220 e. The van der Waals surface area contributed by atoms with Crippen LogP contribution in [0.3, 0.4) is 0 Å². The maximum absolute atomic E-state index is 3.61. The molecule has 3 heteroatoms. The Kier molecular flexibility index (Phi) is 8.67. The van der Waals surface area contributed by atoms with E-state index in [0.29, 0.717) is 0 Å². The van der Waals surface area contributed by atoms with Gasteiger partial charge in [0.15, 0.2) is 0 Å². The quantitative estimate of drug-likeness (QED) is 0.683. The third-order valence-corrected chi connectivity index (χ3v) is 4.21. The molecule has 0 saturated carbocycles. The molecule has 1 rings (SSSR count). The van der Waals surface area contributed by atoms with Crippen molar-refractivity contribution in [2.24, 2.45) is 5.92 Å². The molecule has 0 aromatic rings. The fourth-order valence-corrected chi connectivity index (χ4v) is 2.96. The second kappa shape index (κ2) is 9.73. The van der Waals surface area contributed by atoms with Gasteiger partial charge in [0.2, 0.25) is 0 Å². The van der Waals surface area contributed by atoms with Crippen LogP contribution in [0.1, 0.15) is 46.5 Å². The fourth-order valence-electron chi connectivity index (χ4n) is 2.96. The monoisotopic (exact) mass is 269 g/mol. The maximum atomic E-state index is 3.61. The summed E-state index contributed by atoms with van der Waals surface area (Å²) in [7, 11) is 2.26. The van der Waals surface area contributed by atoms with Crippen LogP contribution in [0, 0.1) is 5.92 Å². The SMILES string of the molecule is CCC1CN(C)CCCN1CCNCCCC(C)C. The Morgan fingerprint density at radius 1 is 1.21 bits per heavy atom. The van der Waals surface area contributed by atoms with Crippen LogP contribution >= 0.6 is 0 Å². The van der Waals surface area contributed by atoms with Crippen LogP contribution in [0.15, 0.2) is 0 Å². The first-order chi connectivity index (χ1) is 9.13. The molecule has 1 atom stereocenters. The summed E-state index contributed by atoms with van der Waals surface area (Å²) in [6.07, 6.45) is 5.26. The lowest BCUT2D eigenvalue weighted by atomic mass is 10.1. The fraction of sp³-hybridized carbons (Fsp3) is 1.00. The average Bonchev–Trinajstić information content (AvgIpc) is 2.54. The molecule has 1 heterocycles. The number of nitrogens with zero attached hydrogens (tertiary/aromatic N) is 2. The van der Waals surface area contributed by atoms with E-state index >= 15 is 0 Å². The minimum Gasteiger partial charge on any atom is -0.315 e. The Balaban J connectivity index is 2.15. The first-order valence-electron chi connectivity index (χ1n) is 8.26. The molecule has 0 amide bonds. The molecule has 3 nitrogen and oxygen atoms in total. The van der Waals surface area contributed by atoms with E-state index in [1.165, 1.54) is 58.4 Å². The molecule has 19 heavy (non-hydrogen) atoms. The van der Waals surface area contributed by atoms with Crippen LogP contribution < -0.4 is 5.32 Å². The normalized spacial score (nSPS) is 22.9. The van der Waals surface area contributed by atoms with Gasteiger partial charge in [0.05, 0.1) is 0 Å². The van der Waals surface area contributed by atoms with Gasteiger partial charge in [0.1, 0.15) is 0 Å². The van der Waals surface area contributed by atoms with E-state index in [9.17, 15) is 0 Å². The summed E-state index contributed by atoms with van der Waals surface area (Å²) in [6, 6.07) is 0.755. The van der Waals surface area contributed by atoms with Crippen molar-refractivity contribution < 1.29 is 0 Å². The molecule has 1 aliphatic rings. The molecule has 0 radical (unpaired) electrons. The highest BCUT2D eigenvalue weighted by molar-refractivity contribution is 4.78. The van der Waals surface area contributed by atoms with Crippen LogP contribution in [0.25, 0.3) is 0 Å². The second-order valence-electron chi connectivity index (χ2n) is 6.50. The molecule has 1 saturated heterocycles. The highest BCUT2D eigenvalue weighted by atomic mass is 15.2. The van der Waals surface area contributed by atoms with Gasteiger partial charge in [-0.1, -0.05) is 20.8 Å². The Morgan fingerprint density at radius 2 is 2.00 bits per heavy atom. The minimum atomic E-state index is 0.755. The van der Waals surface area contributed by atoms with Gasteiger partial charge in [-0.25, -0.2) is 0 Å². The predicted octanol–water partition coefficient (Wildman–Crippen LogP) is 2.43. The molecular formula is C16H35N3. The number of nitrogens with one attached hydrogen (secondary N) is 1. The van der Waals surface area contributed by atoms with Crippen LogP contribution in [-0.4, -0.2) is 62.2 Å². The number of rotatable bonds is 8. The molecule has 1 aliphatic heterocycles. The third kappa shape index (κ3) is 7.28. The largest absolute Gasteiger partial charge is 0.315 e. The van der Waals surface area contributed by atoms with Crippen molar-refractivity contribution in [3.8, 4) is 0 Å². The third-order valence-electron chi connectivity index (χ3n) is 4.21. The van der Waals surface area contributed by atoms with E-state index in [2.05, 4.69) is 42.9 Å². The Bertz CT molecular complexity index is 218. The zero-order valence-corrected chi connectivity index (χ0v) is 13.6. The average molecular weight is 269 g/mol. The van der Waals surface area contributed by atoms with Crippen LogP contribution in [0.2, 0.25) is 0 Å². The van der Waals surface area contributed by atoms with E-state index < -0.39 is 0 Å². The van der Waals surface area contributed by atoms with Crippen molar-refractivity contribution >= 4 is 0 Å². The van der Waals surface area contributed by atoms with Gasteiger partial charge in [-0.05, 0) is 58.3 Å². The Labute approximate surface area is 120 Å². The summed E-state index contributed by atoms with van der Waals surface area (Å²) in [5, 5.41) is 3.61. The first kappa shape index (κ1) is 16.9. The van der Waals surface area contributed by atoms with Crippen LogP contribution in [0.4, 0.5) is 0 Å². The van der Waals surface area contributed by atoms with Gasteiger partial charge in [0, 0.05) is 25.7 Å². The molecular weight excluding hydrogens is 234 g/mol. The molecule has 114 valence electrons. The van der Waals surface area contributed by atoms with Crippen molar-refractivity contribution in [3.05, 3.63) is 0 Å². The van der Waals surface area contributed by atoms with Crippen LogP contribution in [-0.2, 0) is 0 Å². The molecule has 0 aromatic carbocycles. The lowest BCUT2D eigenvalue weighted by Gasteiger charge is -2.30. The zero-order chi connectivity index (χ0) is 14.1. The van der Waals surface area contributed by atoms with E-state index in [-0.39, 0.29) is 0 Å². The summed E-state index contributed by atoms with van der Waals surface area (Å²) < 4.78 is 0. The Hall–Kier alpha value is -0.120. The standard InChI is InChI=1S/C16H35N3/c1-5-16-14-18(4)11-7-12-19(16)13-10-17-9-6-8-15(2)3/h15-17H,5-14H2,1-4H3. The minimum absolute atomic E-state index is 0.755. The van der Waals surface area contributed by atoms with Gasteiger partial charge in [-0.2, -0.15) is 0 Å². The van der Waals surface area contributed by atoms with Gasteiger partial charge in [-0.3, -0.25) is 4.90 Å². The lowest BCUT2D eigenvalue weighted by Crippen LogP contribution is -2.43. The molecule has 1 N–H and O–H groups in total. The van der Waals surface area contributed by atoms with Crippen molar-refractivity contribution in [1.82, 2.24) is 15.1 Å². The summed E-state index contributed by atoms with van der Waals surface area (Å²) in [4.78, 5) is 5.18. The van der Waals surface area contributed by atoms with E-state index in [1.54, 1.807) is 0 Å². The van der Waals surface area contributed by atoms with Gasteiger partial charge in [0.25, 0.3) is 0 Å². The van der Waals surface area contributed by atoms with Crippen molar-refractivity contribution in [3.63, 3.8) is 0 Å².